The number of aromatic nitrogens is 2. The van der Waals surface area contributed by atoms with E-state index >= 15 is 0 Å². The summed E-state index contributed by atoms with van der Waals surface area (Å²) in [7, 11) is 1.79. The molecule has 0 amide bonds. The zero-order chi connectivity index (χ0) is 14.4. The van der Waals surface area contributed by atoms with Gasteiger partial charge in [-0.3, -0.25) is 4.40 Å². The lowest BCUT2D eigenvalue weighted by Gasteiger charge is -2.31. The minimum atomic E-state index is -0.387. The van der Waals surface area contributed by atoms with Gasteiger partial charge < -0.3 is 9.84 Å². The van der Waals surface area contributed by atoms with E-state index in [0.717, 1.165) is 36.2 Å². The number of imidazole rings is 1. The van der Waals surface area contributed by atoms with Crippen LogP contribution in [0.2, 0.25) is 0 Å². The fourth-order valence-corrected chi connectivity index (χ4v) is 4.96. The smallest absolute Gasteiger partial charge is 0.120 e. The number of methoxy groups -OCH3 is 1. The predicted octanol–water partition coefficient (Wildman–Crippen LogP) is 3.51. The summed E-state index contributed by atoms with van der Waals surface area (Å²) in [6.45, 7) is 0. The third kappa shape index (κ3) is 2.41. The first-order chi connectivity index (χ1) is 10.3. The van der Waals surface area contributed by atoms with Crippen molar-refractivity contribution in [3.63, 3.8) is 0 Å². The molecular formula is C16H22N2O2S. The first-order valence-corrected chi connectivity index (χ1v) is 8.75. The third-order valence-electron chi connectivity index (χ3n) is 5.01. The van der Waals surface area contributed by atoms with Gasteiger partial charge in [-0.2, -0.15) is 0 Å². The minimum Gasteiger partial charge on any atom is -0.387 e. The van der Waals surface area contributed by atoms with Gasteiger partial charge in [0.2, 0.25) is 0 Å². The number of hydrogen-bond donors (Lipinski definition) is 1. The molecule has 0 saturated heterocycles. The second kappa shape index (κ2) is 5.38. The number of aliphatic hydroxyl groups excluding tert-OH is 1. The van der Waals surface area contributed by atoms with Crippen LogP contribution in [0.5, 0.6) is 0 Å². The van der Waals surface area contributed by atoms with Crippen molar-refractivity contribution >= 4 is 16.2 Å². The summed E-state index contributed by atoms with van der Waals surface area (Å²) in [4.78, 5) is 6.78. The molecule has 4 nitrogen and oxygen atoms in total. The van der Waals surface area contributed by atoms with Gasteiger partial charge in [0.05, 0.1) is 24.1 Å². The quantitative estimate of drug-likeness (QED) is 0.940. The lowest BCUT2D eigenvalue weighted by atomic mass is 9.82. The third-order valence-corrected chi connectivity index (χ3v) is 6.28. The van der Waals surface area contributed by atoms with Crippen LogP contribution in [-0.2, 0) is 4.74 Å². The Hall–Kier alpha value is -0.910. The summed E-state index contributed by atoms with van der Waals surface area (Å²) in [5.74, 6) is 0.975. The van der Waals surface area contributed by atoms with Crippen molar-refractivity contribution in [1.29, 1.82) is 0 Å². The molecule has 2 saturated carbocycles. The van der Waals surface area contributed by atoms with E-state index in [1.54, 1.807) is 7.11 Å². The van der Waals surface area contributed by atoms with Crippen LogP contribution in [0.3, 0.4) is 0 Å². The highest BCUT2D eigenvalue weighted by Crippen LogP contribution is 2.49. The van der Waals surface area contributed by atoms with Gasteiger partial charge in [0.1, 0.15) is 11.2 Å². The monoisotopic (exact) mass is 306 g/mol. The summed E-state index contributed by atoms with van der Waals surface area (Å²) >= 11 is 1.81. The van der Waals surface area contributed by atoms with Gasteiger partial charge in [0.15, 0.2) is 0 Å². The fourth-order valence-electron chi connectivity index (χ4n) is 3.65. The Morgan fingerprint density at radius 1 is 1.38 bits per heavy atom. The van der Waals surface area contributed by atoms with Crippen LogP contribution in [0.15, 0.2) is 12.5 Å². The van der Waals surface area contributed by atoms with Gasteiger partial charge in [0.25, 0.3) is 0 Å². The lowest BCUT2D eigenvalue weighted by molar-refractivity contribution is 0.00400. The molecule has 3 unspecified atom stereocenters. The van der Waals surface area contributed by atoms with Gasteiger partial charge in [-0.05, 0) is 43.9 Å². The van der Waals surface area contributed by atoms with Crippen molar-refractivity contribution in [2.75, 3.05) is 7.11 Å². The van der Waals surface area contributed by atoms with E-state index in [-0.39, 0.29) is 6.10 Å². The second-order valence-corrected chi connectivity index (χ2v) is 7.52. The normalized spacial score (nSPS) is 28.1. The molecule has 2 heterocycles. The molecule has 2 aromatic rings. The van der Waals surface area contributed by atoms with E-state index in [9.17, 15) is 5.11 Å². The van der Waals surface area contributed by atoms with Crippen LogP contribution in [-0.4, -0.2) is 27.7 Å². The Morgan fingerprint density at radius 3 is 3.00 bits per heavy atom. The largest absolute Gasteiger partial charge is 0.387 e. The van der Waals surface area contributed by atoms with Crippen molar-refractivity contribution in [2.45, 2.75) is 56.7 Å². The molecule has 0 spiro atoms. The Morgan fingerprint density at radius 2 is 2.24 bits per heavy atom. The molecular weight excluding hydrogens is 284 g/mol. The number of nitrogens with zero attached hydrogens (tertiary/aromatic N) is 2. The molecule has 3 atom stereocenters. The van der Waals surface area contributed by atoms with Crippen LogP contribution < -0.4 is 0 Å². The van der Waals surface area contributed by atoms with E-state index in [1.807, 2.05) is 23.9 Å². The van der Waals surface area contributed by atoms with Gasteiger partial charge in [0, 0.05) is 12.0 Å². The fraction of sp³-hybridized carbons (Fsp3) is 0.688. The number of aliphatic hydroxyl groups is 1. The zero-order valence-electron chi connectivity index (χ0n) is 12.4. The summed E-state index contributed by atoms with van der Waals surface area (Å²) in [5.41, 5.74) is 1.11. The second-order valence-electron chi connectivity index (χ2n) is 6.46. The van der Waals surface area contributed by atoms with Crippen LogP contribution in [0.1, 0.15) is 61.1 Å². The summed E-state index contributed by atoms with van der Waals surface area (Å²) < 4.78 is 7.63. The highest BCUT2D eigenvalue weighted by Gasteiger charge is 2.36. The molecule has 4 rings (SSSR count). The van der Waals surface area contributed by atoms with Crippen molar-refractivity contribution in [3.05, 3.63) is 23.1 Å². The topological polar surface area (TPSA) is 46.8 Å². The molecule has 2 aromatic heterocycles. The summed E-state index contributed by atoms with van der Waals surface area (Å²) in [6, 6.07) is 0. The highest BCUT2D eigenvalue weighted by atomic mass is 32.1. The number of thiazole rings is 1. The Labute approximate surface area is 128 Å². The van der Waals surface area contributed by atoms with Gasteiger partial charge in [-0.15, -0.1) is 11.3 Å². The van der Waals surface area contributed by atoms with E-state index in [1.165, 1.54) is 17.7 Å². The van der Waals surface area contributed by atoms with Gasteiger partial charge >= 0.3 is 0 Å². The van der Waals surface area contributed by atoms with Crippen LogP contribution in [0.4, 0.5) is 0 Å². The first-order valence-electron chi connectivity index (χ1n) is 7.93. The average Bonchev–Trinajstić information content (AvgIpc) is 3.15. The van der Waals surface area contributed by atoms with E-state index in [0.29, 0.717) is 17.9 Å². The van der Waals surface area contributed by atoms with Crippen molar-refractivity contribution < 1.29 is 9.84 Å². The molecule has 0 aliphatic heterocycles. The number of hydrogen-bond acceptors (Lipinski definition) is 4. The molecule has 21 heavy (non-hydrogen) atoms. The maximum atomic E-state index is 11.0. The summed E-state index contributed by atoms with van der Waals surface area (Å²) in [6.07, 6.45) is 10.5. The molecule has 2 aliphatic carbocycles. The number of rotatable bonds is 4. The van der Waals surface area contributed by atoms with Crippen molar-refractivity contribution in [1.82, 2.24) is 9.38 Å². The number of ether oxygens (including phenoxy) is 1. The van der Waals surface area contributed by atoms with Gasteiger partial charge in [-0.25, -0.2) is 4.98 Å². The van der Waals surface area contributed by atoms with E-state index in [2.05, 4.69) is 9.38 Å². The predicted molar refractivity (Wildman–Crippen MR) is 82.8 cm³/mol. The van der Waals surface area contributed by atoms with Crippen molar-refractivity contribution in [3.8, 4) is 0 Å². The average molecular weight is 306 g/mol. The molecule has 1 N–H and O–H groups in total. The standard InChI is InChI=1S/C16H22N2O2S/c1-20-12-4-2-3-11(7-12)15(19)14-16(10-5-6-10)21-13-8-17-9-18(13)14/h8-12,15,19H,2-7H2,1H3. The Bertz CT molecular complexity index is 631. The first kappa shape index (κ1) is 13.7. The van der Waals surface area contributed by atoms with Crippen molar-refractivity contribution in [2.24, 2.45) is 5.92 Å². The Balaban J connectivity index is 1.67. The molecule has 0 bridgehead atoms. The summed E-state index contributed by atoms with van der Waals surface area (Å²) in [5, 5.41) is 11.0. The van der Waals surface area contributed by atoms with Gasteiger partial charge in [-0.1, -0.05) is 6.42 Å². The van der Waals surface area contributed by atoms with Crippen LogP contribution in [0.25, 0.3) is 4.83 Å². The van der Waals surface area contributed by atoms with Crippen LogP contribution in [0, 0.1) is 5.92 Å². The lowest BCUT2D eigenvalue weighted by Crippen LogP contribution is -2.26. The highest BCUT2D eigenvalue weighted by molar-refractivity contribution is 7.17. The van der Waals surface area contributed by atoms with Crippen LogP contribution >= 0.6 is 11.3 Å². The number of fused-ring (bicyclic) bond motifs is 1. The molecule has 114 valence electrons. The maximum absolute atomic E-state index is 11.0. The SMILES string of the molecule is COC1CCCC(C(O)c2c(C3CC3)sc3cncn23)C1. The molecule has 5 heteroatoms. The maximum Gasteiger partial charge on any atom is 0.120 e. The molecule has 2 aliphatic rings. The molecule has 0 radical (unpaired) electrons. The molecule has 2 fully saturated rings. The minimum absolute atomic E-state index is 0.305. The zero-order valence-corrected chi connectivity index (χ0v) is 13.2. The Kier molecular flexibility index (Phi) is 3.52. The molecule has 0 aromatic carbocycles. The van der Waals surface area contributed by atoms with E-state index in [4.69, 9.17) is 4.74 Å². The van der Waals surface area contributed by atoms with E-state index < -0.39 is 0 Å².